The van der Waals surface area contributed by atoms with Crippen LogP contribution < -0.4 is 16.0 Å². The molecule has 2 amide bonds. The molecule has 37 heavy (non-hydrogen) atoms. The van der Waals surface area contributed by atoms with E-state index in [2.05, 4.69) is 30.9 Å². The van der Waals surface area contributed by atoms with Gasteiger partial charge in [-0.3, -0.25) is 19.6 Å². The fourth-order valence-electron chi connectivity index (χ4n) is 4.64. The lowest BCUT2D eigenvalue weighted by Gasteiger charge is -2.29. The van der Waals surface area contributed by atoms with Crippen LogP contribution >= 0.6 is 0 Å². The highest BCUT2D eigenvalue weighted by Gasteiger charge is 2.23. The van der Waals surface area contributed by atoms with Gasteiger partial charge in [0.05, 0.1) is 25.6 Å². The molecule has 2 aromatic heterocycles. The van der Waals surface area contributed by atoms with Crippen LogP contribution in [0.15, 0.2) is 61.1 Å². The molecule has 3 N–H and O–H groups in total. The summed E-state index contributed by atoms with van der Waals surface area (Å²) in [7, 11) is 0. The van der Waals surface area contributed by atoms with Crippen LogP contribution in [0.2, 0.25) is 0 Å². The maximum absolute atomic E-state index is 12.6. The number of anilines is 3. The highest BCUT2D eigenvalue weighted by Crippen LogP contribution is 2.23. The van der Waals surface area contributed by atoms with E-state index >= 15 is 0 Å². The minimum atomic E-state index is -0.125. The summed E-state index contributed by atoms with van der Waals surface area (Å²) in [5.41, 5.74) is 1.93. The Morgan fingerprint density at radius 3 is 2.35 bits per heavy atom. The molecule has 192 valence electrons. The molecule has 1 saturated carbocycles. The minimum Gasteiger partial charge on any atom is -0.378 e. The number of pyridine rings is 1. The number of benzene rings is 1. The molecule has 0 bridgehead atoms. The molecule has 0 spiro atoms. The number of nitrogens with zero attached hydrogens (tertiary/aromatic N) is 4. The molecular formula is C27H31N7O3. The maximum atomic E-state index is 12.6. The summed E-state index contributed by atoms with van der Waals surface area (Å²) in [5.74, 6) is 1.21. The van der Waals surface area contributed by atoms with Gasteiger partial charge in [-0.2, -0.15) is 0 Å². The highest BCUT2D eigenvalue weighted by molar-refractivity contribution is 5.94. The summed E-state index contributed by atoms with van der Waals surface area (Å²) in [6.07, 6.45) is 8.62. The van der Waals surface area contributed by atoms with Gasteiger partial charge in [0.2, 0.25) is 0 Å². The molecule has 5 rings (SSSR count). The van der Waals surface area contributed by atoms with Crippen molar-refractivity contribution in [2.45, 2.75) is 37.8 Å². The third kappa shape index (κ3) is 6.59. The zero-order valence-electron chi connectivity index (χ0n) is 20.6. The van der Waals surface area contributed by atoms with Crippen molar-refractivity contribution < 1.29 is 14.3 Å². The van der Waals surface area contributed by atoms with Crippen LogP contribution in [0.3, 0.4) is 0 Å². The molecule has 2 aliphatic rings. The summed E-state index contributed by atoms with van der Waals surface area (Å²) in [4.78, 5) is 39.9. The molecule has 10 heteroatoms. The summed E-state index contributed by atoms with van der Waals surface area (Å²) in [6.45, 7) is 2.40. The first kappa shape index (κ1) is 24.6. The highest BCUT2D eigenvalue weighted by atomic mass is 16.5. The zero-order chi connectivity index (χ0) is 25.5. The number of amides is 2. The predicted octanol–water partition coefficient (Wildman–Crippen LogP) is 3.24. The maximum Gasteiger partial charge on any atom is 0.270 e. The lowest BCUT2D eigenvalue weighted by atomic mass is 9.91. The number of rotatable bonds is 7. The van der Waals surface area contributed by atoms with Crippen LogP contribution in [0.4, 0.5) is 17.3 Å². The van der Waals surface area contributed by atoms with Crippen molar-refractivity contribution in [3.63, 3.8) is 0 Å². The van der Waals surface area contributed by atoms with E-state index in [0.717, 1.165) is 31.4 Å². The Bertz CT molecular complexity index is 1190. The molecule has 1 aliphatic heterocycles. The molecule has 2 fully saturated rings. The summed E-state index contributed by atoms with van der Waals surface area (Å²) >= 11 is 0. The second kappa shape index (κ2) is 11.8. The van der Waals surface area contributed by atoms with Crippen molar-refractivity contribution in [3.05, 3.63) is 72.3 Å². The van der Waals surface area contributed by atoms with Gasteiger partial charge in [0.25, 0.3) is 11.8 Å². The third-order valence-corrected chi connectivity index (χ3v) is 6.65. The van der Waals surface area contributed by atoms with Gasteiger partial charge in [-0.1, -0.05) is 6.07 Å². The van der Waals surface area contributed by atoms with Crippen LogP contribution in [0.25, 0.3) is 0 Å². The lowest BCUT2D eigenvalue weighted by molar-refractivity contribution is 0.0303. The van der Waals surface area contributed by atoms with E-state index in [1.807, 2.05) is 35.2 Å². The molecule has 0 unspecified atom stereocenters. The number of hydrogen-bond donors (Lipinski definition) is 3. The zero-order valence-corrected chi connectivity index (χ0v) is 20.6. The van der Waals surface area contributed by atoms with Gasteiger partial charge in [0, 0.05) is 42.6 Å². The summed E-state index contributed by atoms with van der Waals surface area (Å²) in [6, 6.07) is 13.1. The van der Waals surface area contributed by atoms with Crippen molar-refractivity contribution >= 4 is 29.1 Å². The molecule has 0 radical (unpaired) electrons. The molecule has 3 heterocycles. The number of ether oxygens (including phenoxy) is 1. The first-order chi connectivity index (χ1) is 18.1. The average Bonchev–Trinajstić information content (AvgIpc) is 2.95. The second-order valence-corrected chi connectivity index (χ2v) is 9.28. The molecule has 1 aromatic carbocycles. The summed E-state index contributed by atoms with van der Waals surface area (Å²) in [5, 5.41) is 9.82. The van der Waals surface area contributed by atoms with Crippen molar-refractivity contribution in [1.29, 1.82) is 0 Å². The Morgan fingerprint density at radius 2 is 1.62 bits per heavy atom. The monoisotopic (exact) mass is 501 g/mol. The topological polar surface area (TPSA) is 121 Å². The molecule has 10 nitrogen and oxygen atoms in total. The SMILES string of the molecule is O=C(NC1CCC(Nc2cncc(Nc3ccc(C(=O)N4CCOCC4)cc3)n2)CC1)c1ccccn1. The van der Waals surface area contributed by atoms with Crippen LogP contribution in [-0.4, -0.2) is 70.1 Å². The van der Waals surface area contributed by atoms with Crippen LogP contribution in [0, 0.1) is 0 Å². The third-order valence-electron chi connectivity index (χ3n) is 6.65. The largest absolute Gasteiger partial charge is 0.378 e. The van der Waals surface area contributed by atoms with Crippen molar-refractivity contribution in [3.8, 4) is 0 Å². The van der Waals surface area contributed by atoms with E-state index in [1.165, 1.54) is 0 Å². The van der Waals surface area contributed by atoms with Gasteiger partial charge in [-0.15, -0.1) is 0 Å². The van der Waals surface area contributed by atoms with E-state index < -0.39 is 0 Å². The number of carbonyl (C=O) groups is 2. The molecule has 3 aromatic rings. The standard InChI is InChI=1S/C27H31N7O3/c35-26(23-3-1-2-12-29-23)32-22-10-8-21(9-11-22)31-25-18-28-17-24(33-25)30-20-6-4-19(5-7-20)27(36)34-13-15-37-16-14-34/h1-7,12,17-18,21-22H,8-11,13-16H2,(H,32,35)(H2,30,31,33). The number of nitrogens with one attached hydrogen (secondary N) is 3. The molecular weight excluding hydrogens is 470 g/mol. The predicted molar refractivity (Wildman–Crippen MR) is 140 cm³/mol. The van der Waals surface area contributed by atoms with Crippen LogP contribution in [0.5, 0.6) is 0 Å². The van der Waals surface area contributed by atoms with E-state index in [4.69, 9.17) is 4.74 Å². The first-order valence-corrected chi connectivity index (χ1v) is 12.7. The number of aromatic nitrogens is 3. The van der Waals surface area contributed by atoms with Gasteiger partial charge in [-0.05, 0) is 62.1 Å². The fraction of sp³-hybridized carbons (Fsp3) is 0.370. The number of carbonyl (C=O) groups excluding carboxylic acids is 2. The van der Waals surface area contributed by atoms with Gasteiger partial charge in [0.1, 0.15) is 11.5 Å². The van der Waals surface area contributed by atoms with E-state index in [9.17, 15) is 9.59 Å². The van der Waals surface area contributed by atoms with Gasteiger partial charge >= 0.3 is 0 Å². The minimum absolute atomic E-state index is 0.0202. The van der Waals surface area contributed by atoms with Crippen molar-refractivity contribution in [2.75, 3.05) is 36.9 Å². The second-order valence-electron chi connectivity index (χ2n) is 9.28. The van der Waals surface area contributed by atoms with Gasteiger partial charge < -0.3 is 25.6 Å². The Balaban J connectivity index is 1.11. The Morgan fingerprint density at radius 1 is 0.892 bits per heavy atom. The fourth-order valence-corrected chi connectivity index (χ4v) is 4.64. The molecule has 0 atom stereocenters. The normalized spacial score (nSPS) is 19.6. The lowest BCUT2D eigenvalue weighted by Crippen LogP contribution is -2.40. The Kier molecular flexibility index (Phi) is 7.85. The van der Waals surface area contributed by atoms with Crippen LogP contribution in [-0.2, 0) is 4.74 Å². The van der Waals surface area contributed by atoms with Crippen molar-refractivity contribution in [1.82, 2.24) is 25.2 Å². The molecule has 1 saturated heterocycles. The van der Waals surface area contributed by atoms with E-state index in [0.29, 0.717) is 49.2 Å². The van der Waals surface area contributed by atoms with Gasteiger partial charge in [-0.25, -0.2) is 4.98 Å². The van der Waals surface area contributed by atoms with Gasteiger partial charge in [0.15, 0.2) is 5.82 Å². The molecule has 1 aliphatic carbocycles. The average molecular weight is 502 g/mol. The van der Waals surface area contributed by atoms with Crippen LogP contribution in [0.1, 0.15) is 46.5 Å². The number of hydrogen-bond acceptors (Lipinski definition) is 8. The summed E-state index contributed by atoms with van der Waals surface area (Å²) < 4.78 is 5.32. The Hall–Kier alpha value is -4.05. The van der Waals surface area contributed by atoms with E-state index in [1.54, 1.807) is 30.7 Å². The Labute approximate surface area is 215 Å². The van der Waals surface area contributed by atoms with Crippen molar-refractivity contribution in [2.24, 2.45) is 0 Å². The first-order valence-electron chi connectivity index (χ1n) is 12.7. The smallest absolute Gasteiger partial charge is 0.270 e. The van der Waals surface area contributed by atoms with E-state index in [-0.39, 0.29) is 23.9 Å². The quantitative estimate of drug-likeness (QED) is 0.451. The number of morpholine rings is 1.